The highest BCUT2D eigenvalue weighted by Crippen LogP contribution is 2.22. The number of aromatic nitrogens is 2. The summed E-state index contributed by atoms with van der Waals surface area (Å²) in [7, 11) is 0. The van der Waals surface area contributed by atoms with Crippen LogP contribution in [-0.2, 0) is 20.8 Å². The average Bonchev–Trinajstić information content (AvgIpc) is 3.11. The molecule has 0 N–H and O–H groups in total. The highest BCUT2D eigenvalue weighted by molar-refractivity contribution is 7.13. The summed E-state index contributed by atoms with van der Waals surface area (Å²) in [6.45, 7) is 6.59. The van der Waals surface area contributed by atoms with E-state index in [0.717, 1.165) is 4.88 Å². The van der Waals surface area contributed by atoms with Gasteiger partial charge in [0.15, 0.2) is 12.1 Å². The second kappa shape index (κ2) is 9.45. The van der Waals surface area contributed by atoms with Crippen molar-refractivity contribution in [2.45, 2.75) is 33.6 Å². The summed E-state index contributed by atoms with van der Waals surface area (Å²) < 4.78 is 17.4. The number of carbonyl (C=O) groups excluding carboxylic acids is 1. The molecule has 2 rings (SSSR count). The van der Waals surface area contributed by atoms with Gasteiger partial charge >= 0.3 is 5.97 Å². The third-order valence-electron chi connectivity index (χ3n) is 3.32. The molecule has 2 aromatic heterocycles. The maximum Gasteiger partial charge on any atom is 0.345 e. The molecule has 136 valence electrons. The van der Waals surface area contributed by atoms with Crippen LogP contribution in [0, 0.1) is 0 Å². The summed E-state index contributed by atoms with van der Waals surface area (Å²) in [5, 5.41) is 1.90. The largest absolute Gasteiger partial charge is 0.462 e. The predicted molar refractivity (Wildman–Crippen MR) is 94.8 cm³/mol. The molecule has 0 aromatic carbocycles. The van der Waals surface area contributed by atoms with Crippen molar-refractivity contribution in [3.63, 3.8) is 0 Å². The molecule has 0 saturated carbocycles. The SMILES string of the molecule is CCOC(=O)c1cnc(-c2cccs2)n(CC(OCC)OCC)c1=O. The predicted octanol–water partition coefficient (Wildman–Crippen LogP) is 2.55. The van der Waals surface area contributed by atoms with Gasteiger partial charge in [-0.25, -0.2) is 9.78 Å². The minimum Gasteiger partial charge on any atom is -0.462 e. The van der Waals surface area contributed by atoms with Gasteiger partial charge in [0.25, 0.3) is 5.56 Å². The first-order valence-corrected chi connectivity index (χ1v) is 9.04. The zero-order valence-corrected chi connectivity index (χ0v) is 15.4. The summed E-state index contributed by atoms with van der Waals surface area (Å²) in [5.41, 5.74) is -0.574. The number of nitrogens with zero attached hydrogens (tertiary/aromatic N) is 2. The molecule has 0 fully saturated rings. The highest BCUT2D eigenvalue weighted by atomic mass is 32.1. The van der Waals surface area contributed by atoms with E-state index in [1.54, 1.807) is 6.92 Å². The van der Waals surface area contributed by atoms with E-state index in [0.29, 0.717) is 19.0 Å². The van der Waals surface area contributed by atoms with Gasteiger partial charge in [-0.05, 0) is 32.2 Å². The standard InChI is InChI=1S/C17H22N2O5S/c1-4-22-14(23-5-2)11-19-15(13-8-7-9-25-13)18-10-12(16(19)20)17(21)24-6-3/h7-10,14H,4-6,11H2,1-3H3. The van der Waals surface area contributed by atoms with E-state index >= 15 is 0 Å². The Hall–Kier alpha value is -2.03. The van der Waals surface area contributed by atoms with E-state index < -0.39 is 17.8 Å². The fourth-order valence-electron chi connectivity index (χ4n) is 2.29. The average molecular weight is 366 g/mol. The van der Waals surface area contributed by atoms with Crippen molar-refractivity contribution in [2.24, 2.45) is 0 Å². The van der Waals surface area contributed by atoms with Gasteiger partial charge < -0.3 is 14.2 Å². The summed E-state index contributed by atoms with van der Waals surface area (Å²) >= 11 is 1.46. The van der Waals surface area contributed by atoms with E-state index in [2.05, 4.69) is 4.98 Å². The van der Waals surface area contributed by atoms with Gasteiger partial charge in [0.05, 0.1) is 18.0 Å². The fourth-order valence-corrected chi connectivity index (χ4v) is 3.02. The molecule has 0 radical (unpaired) electrons. The van der Waals surface area contributed by atoms with Gasteiger partial charge in [-0.15, -0.1) is 11.3 Å². The molecule has 0 amide bonds. The first-order valence-electron chi connectivity index (χ1n) is 8.16. The van der Waals surface area contributed by atoms with Crippen LogP contribution in [0.4, 0.5) is 0 Å². The smallest absolute Gasteiger partial charge is 0.345 e. The first-order chi connectivity index (χ1) is 12.1. The molecule has 7 nitrogen and oxygen atoms in total. The zero-order valence-electron chi connectivity index (χ0n) is 14.6. The second-order valence-corrected chi connectivity index (χ2v) is 5.90. The molecule has 8 heteroatoms. The number of hydrogen-bond donors (Lipinski definition) is 0. The van der Waals surface area contributed by atoms with Crippen molar-refractivity contribution < 1.29 is 19.0 Å². The van der Waals surface area contributed by atoms with Gasteiger partial charge in [-0.1, -0.05) is 6.07 Å². The Kier molecular flexibility index (Phi) is 7.30. The Bertz CT molecular complexity index is 736. The maximum atomic E-state index is 12.9. The lowest BCUT2D eigenvalue weighted by molar-refractivity contribution is -0.143. The summed E-state index contributed by atoms with van der Waals surface area (Å²) in [5.74, 6) is -0.215. The Labute approximate surface area is 150 Å². The van der Waals surface area contributed by atoms with Crippen LogP contribution in [0.5, 0.6) is 0 Å². The Morgan fingerprint density at radius 3 is 2.52 bits per heavy atom. The monoisotopic (exact) mass is 366 g/mol. The van der Waals surface area contributed by atoms with Crippen molar-refractivity contribution in [1.29, 1.82) is 0 Å². The third kappa shape index (κ3) is 4.75. The van der Waals surface area contributed by atoms with E-state index in [-0.39, 0.29) is 18.7 Å². The Morgan fingerprint density at radius 1 is 1.24 bits per heavy atom. The molecule has 0 aliphatic rings. The fraction of sp³-hybridized carbons (Fsp3) is 0.471. The molecular weight excluding hydrogens is 344 g/mol. The van der Waals surface area contributed by atoms with Gasteiger partial charge in [-0.2, -0.15) is 0 Å². The van der Waals surface area contributed by atoms with Crippen LogP contribution in [0.25, 0.3) is 10.7 Å². The molecule has 0 unspecified atom stereocenters. The van der Waals surface area contributed by atoms with Crippen LogP contribution in [-0.4, -0.2) is 41.6 Å². The third-order valence-corrected chi connectivity index (χ3v) is 4.19. The lowest BCUT2D eigenvalue weighted by Crippen LogP contribution is -2.35. The van der Waals surface area contributed by atoms with Crippen molar-refractivity contribution >= 4 is 17.3 Å². The number of rotatable bonds is 9. The number of esters is 1. The van der Waals surface area contributed by atoms with Gasteiger partial charge in [-0.3, -0.25) is 9.36 Å². The minimum absolute atomic E-state index is 0.103. The topological polar surface area (TPSA) is 79.7 Å². The van der Waals surface area contributed by atoms with E-state index in [4.69, 9.17) is 14.2 Å². The molecule has 2 heterocycles. The van der Waals surface area contributed by atoms with Crippen LogP contribution < -0.4 is 5.56 Å². The first kappa shape index (κ1) is 19.3. The second-order valence-electron chi connectivity index (χ2n) is 4.95. The van der Waals surface area contributed by atoms with Crippen molar-refractivity contribution in [3.05, 3.63) is 39.6 Å². The lowest BCUT2D eigenvalue weighted by atomic mass is 10.3. The van der Waals surface area contributed by atoms with E-state index in [1.807, 2.05) is 31.4 Å². The van der Waals surface area contributed by atoms with Gasteiger partial charge in [0, 0.05) is 19.4 Å². The lowest BCUT2D eigenvalue weighted by Gasteiger charge is -2.20. The van der Waals surface area contributed by atoms with Crippen LogP contribution in [0.15, 0.2) is 28.5 Å². The normalized spacial score (nSPS) is 11.0. The summed E-state index contributed by atoms with van der Waals surface area (Å²) in [6.07, 6.45) is 0.660. The molecule has 0 aliphatic heterocycles. The number of ether oxygens (including phenoxy) is 3. The quantitative estimate of drug-likeness (QED) is 0.501. The van der Waals surface area contributed by atoms with Gasteiger partial charge in [0.1, 0.15) is 5.56 Å². The molecule has 25 heavy (non-hydrogen) atoms. The van der Waals surface area contributed by atoms with Crippen LogP contribution in [0.2, 0.25) is 0 Å². The zero-order chi connectivity index (χ0) is 18.2. The van der Waals surface area contributed by atoms with E-state index in [1.165, 1.54) is 22.1 Å². The maximum absolute atomic E-state index is 12.9. The number of carbonyl (C=O) groups is 1. The van der Waals surface area contributed by atoms with Crippen LogP contribution in [0.1, 0.15) is 31.1 Å². The summed E-state index contributed by atoms with van der Waals surface area (Å²) in [4.78, 5) is 30.0. The highest BCUT2D eigenvalue weighted by Gasteiger charge is 2.21. The van der Waals surface area contributed by atoms with Crippen LogP contribution in [0.3, 0.4) is 0 Å². The minimum atomic E-state index is -0.684. The summed E-state index contributed by atoms with van der Waals surface area (Å²) in [6, 6.07) is 3.74. The van der Waals surface area contributed by atoms with Crippen LogP contribution >= 0.6 is 11.3 Å². The molecule has 0 spiro atoms. The van der Waals surface area contributed by atoms with E-state index in [9.17, 15) is 9.59 Å². The number of thiophene rings is 1. The van der Waals surface area contributed by atoms with Crippen molar-refractivity contribution in [1.82, 2.24) is 9.55 Å². The van der Waals surface area contributed by atoms with Crippen molar-refractivity contribution in [2.75, 3.05) is 19.8 Å². The molecule has 0 saturated heterocycles. The Balaban J connectivity index is 2.49. The van der Waals surface area contributed by atoms with Crippen molar-refractivity contribution in [3.8, 4) is 10.7 Å². The Morgan fingerprint density at radius 2 is 1.96 bits per heavy atom. The molecule has 0 aliphatic carbocycles. The number of hydrogen-bond acceptors (Lipinski definition) is 7. The van der Waals surface area contributed by atoms with Gasteiger partial charge in [0.2, 0.25) is 0 Å². The molecule has 0 bridgehead atoms. The molecule has 2 aromatic rings. The molecular formula is C17H22N2O5S. The molecule has 0 atom stereocenters.